The number of hydrogen-bond acceptors (Lipinski definition) is 1. The van der Waals surface area contributed by atoms with Crippen molar-refractivity contribution in [1.82, 2.24) is 0 Å². The van der Waals surface area contributed by atoms with Gasteiger partial charge in [-0.1, -0.05) is 152 Å². The minimum Gasteiger partial charge on any atom is -0.455 e. The second-order valence-corrected chi connectivity index (χ2v) is 12.4. The molecule has 0 N–H and O–H groups in total. The minimum atomic E-state index is 0.927. The van der Waals surface area contributed by atoms with E-state index in [1.807, 2.05) is 12.1 Å². The summed E-state index contributed by atoms with van der Waals surface area (Å²) >= 11 is 0. The third kappa shape index (κ3) is 3.97. The average Bonchev–Trinajstić information content (AvgIpc) is 3.53. The zero-order valence-corrected chi connectivity index (χ0v) is 25.6. The molecule has 47 heavy (non-hydrogen) atoms. The molecule has 10 aromatic rings. The summed E-state index contributed by atoms with van der Waals surface area (Å²) in [5, 5.41) is 12.2. The van der Waals surface area contributed by atoms with Crippen molar-refractivity contribution >= 4 is 65.0 Å². The van der Waals surface area contributed by atoms with Gasteiger partial charge in [0.1, 0.15) is 11.2 Å². The molecule has 218 valence electrons. The van der Waals surface area contributed by atoms with Gasteiger partial charge in [-0.2, -0.15) is 0 Å². The fraction of sp³-hybridized carbons (Fsp3) is 0. The van der Waals surface area contributed by atoms with Crippen LogP contribution in [0.1, 0.15) is 0 Å². The number of hydrogen-bond donors (Lipinski definition) is 0. The molecule has 9 aromatic carbocycles. The predicted octanol–water partition coefficient (Wildman–Crippen LogP) is 13.2. The van der Waals surface area contributed by atoms with E-state index in [4.69, 9.17) is 4.42 Å². The molecule has 0 saturated heterocycles. The van der Waals surface area contributed by atoms with Crippen LogP contribution in [0.15, 0.2) is 174 Å². The second-order valence-electron chi connectivity index (χ2n) is 12.4. The van der Waals surface area contributed by atoms with Gasteiger partial charge in [0.25, 0.3) is 0 Å². The van der Waals surface area contributed by atoms with Gasteiger partial charge in [-0.05, 0) is 89.3 Å². The predicted molar refractivity (Wildman–Crippen MR) is 200 cm³/mol. The third-order valence-corrected chi connectivity index (χ3v) is 9.86. The minimum absolute atomic E-state index is 0.927. The van der Waals surface area contributed by atoms with Crippen molar-refractivity contribution in [3.05, 3.63) is 170 Å². The molecule has 0 aliphatic rings. The SMILES string of the molecule is c1ccc2cc(-c3c4ccccc4c(-c4ccc(-c5cccc6c5ccc5c7ccccc7oc65)cc4)c4ccccc34)ccc2c1. The summed E-state index contributed by atoms with van der Waals surface area (Å²) in [7, 11) is 0. The zero-order chi connectivity index (χ0) is 30.9. The Balaban J connectivity index is 1.15. The lowest BCUT2D eigenvalue weighted by atomic mass is 9.85. The summed E-state index contributed by atoms with van der Waals surface area (Å²) in [4.78, 5) is 0. The Morgan fingerprint density at radius 2 is 0.809 bits per heavy atom. The van der Waals surface area contributed by atoms with Crippen molar-refractivity contribution in [3.8, 4) is 33.4 Å². The topological polar surface area (TPSA) is 13.1 Å². The quantitative estimate of drug-likeness (QED) is 0.185. The van der Waals surface area contributed by atoms with Gasteiger partial charge in [0.2, 0.25) is 0 Å². The van der Waals surface area contributed by atoms with Crippen LogP contribution in [0.5, 0.6) is 0 Å². The molecular weight excluding hydrogens is 569 g/mol. The van der Waals surface area contributed by atoms with Crippen molar-refractivity contribution in [1.29, 1.82) is 0 Å². The molecule has 0 radical (unpaired) electrons. The highest BCUT2D eigenvalue weighted by atomic mass is 16.3. The molecule has 10 rings (SSSR count). The Labute approximate surface area is 271 Å². The van der Waals surface area contributed by atoms with E-state index in [1.54, 1.807) is 0 Å². The first kappa shape index (κ1) is 26.1. The number of fused-ring (bicyclic) bond motifs is 8. The lowest BCUT2D eigenvalue weighted by Crippen LogP contribution is -1.91. The van der Waals surface area contributed by atoms with E-state index in [-0.39, 0.29) is 0 Å². The highest BCUT2D eigenvalue weighted by Crippen LogP contribution is 2.45. The summed E-state index contributed by atoms with van der Waals surface area (Å²) in [6.07, 6.45) is 0. The van der Waals surface area contributed by atoms with Crippen LogP contribution in [0, 0.1) is 0 Å². The fourth-order valence-electron chi connectivity index (χ4n) is 7.70. The molecule has 0 spiro atoms. The number of benzene rings is 9. The van der Waals surface area contributed by atoms with Crippen LogP contribution >= 0.6 is 0 Å². The monoisotopic (exact) mass is 596 g/mol. The van der Waals surface area contributed by atoms with Crippen LogP contribution in [-0.2, 0) is 0 Å². The lowest BCUT2D eigenvalue weighted by molar-refractivity contribution is 0.672. The van der Waals surface area contributed by atoms with Gasteiger partial charge in [-0.15, -0.1) is 0 Å². The van der Waals surface area contributed by atoms with Gasteiger partial charge in [-0.3, -0.25) is 0 Å². The van der Waals surface area contributed by atoms with Gasteiger partial charge in [0.15, 0.2) is 0 Å². The van der Waals surface area contributed by atoms with E-state index in [2.05, 4.69) is 158 Å². The molecule has 0 atom stereocenters. The molecule has 0 saturated carbocycles. The van der Waals surface area contributed by atoms with Crippen LogP contribution in [0.25, 0.3) is 98.4 Å². The maximum Gasteiger partial charge on any atom is 0.143 e. The van der Waals surface area contributed by atoms with E-state index in [0.29, 0.717) is 0 Å². The van der Waals surface area contributed by atoms with Gasteiger partial charge >= 0.3 is 0 Å². The van der Waals surface area contributed by atoms with Gasteiger partial charge < -0.3 is 4.42 Å². The maximum absolute atomic E-state index is 6.38. The molecule has 0 amide bonds. The Morgan fingerprint density at radius 3 is 1.53 bits per heavy atom. The normalized spacial score (nSPS) is 11.8. The molecule has 1 aromatic heterocycles. The van der Waals surface area contributed by atoms with E-state index in [0.717, 1.165) is 27.3 Å². The zero-order valence-electron chi connectivity index (χ0n) is 25.6. The smallest absolute Gasteiger partial charge is 0.143 e. The number of furan rings is 1. The first-order valence-corrected chi connectivity index (χ1v) is 16.2. The van der Waals surface area contributed by atoms with E-state index in [9.17, 15) is 0 Å². The summed E-state index contributed by atoms with van der Waals surface area (Å²) < 4.78 is 6.38. The Morgan fingerprint density at radius 1 is 0.298 bits per heavy atom. The molecule has 0 unspecified atom stereocenters. The van der Waals surface area contributed by atoms with E-state index >= 15 is 0 Å². The molecule has 0 bridgehead atoms. The largest absolute Gasteiger partial charge is 0.455 e. The van der Waals surface area contributed by atoms with Crippen LogP contribution in [0.3, 0.4) is 0 Å². The van der Waals surface area contributed by atoms with Crippen molar-refractivity contribution in [3.63, 3.8) is 0 Å². The Bertz CT molecular complexity index is 2780. The summed E-state index contributed by atoms with van der Waals surface area (Å²) in [5.41, 5.74) is 9.29. The van der Waals surface area contributed by atoms with Crippen LogP contribution in [-0.4, -0.2) is 0 Å². The first-order valence-electron chi connectivity index (χ1n) is 16.2. The van der Waals surface area contributed by atoms with Gasteiger partial charge in [0, 0.05) is 16.2 Å². The molecule has 0 fully saturated rings. The maximum atomic E-state index is 6.38. The Hall–Kier alpha value is -6.18. The number of para-hydroxylation sites is 1. The van der Waals surface area contributed by atoms with Gasteiger partial charge in [-0.25, -0.2) is 0 Å². The van der Waals surface area contributed by atoms with Crippen molar-refractivity contribution in [2.75, 3.05) is 0 Å². The van der Waals surface area contributed by atoms with Gasteiger partial charge in [0.05, 0.1) is 0 Å². The summed E-state index contributed by atoms with van der Waals surface area (Å²) in [5.74, 6) is 0. The molecular formula is C46H28O. The molecule has 0 aliphatic heterocycles. The molecule has 1 nitrogen and oxygen atoms in total. The highest BCUT2D eigenvalue weighted by Gasteiger charge is 2.17. The molecule has 0 aliphatic carbocycles. The van der Waals surface area contributed by atoms with Crippen LogP contribution in [0.4, 0.5) is 0 Å². The Kier molecular flexibility index (Phi) is 5.64. The fourth-order valence-corrected chi connectivity index (χ4v) is 7.70. The van der Waals surface area contributed by atoms with Crippen LogP contribution < -0.4 is 0 Å². The second kappa shape index (κ2) is 10.2. The molecule has 1 heterocycles. The van der Waals surface area contributed by atoms with E-state index in [1.165, 1.54) is 71.1 Å². The van der Waals surface area contributed by atoms with Crippen molar-refractivity contribution in [2.45, 2.75) is 0 Å². The lowest BCUT2D eigenvalue weighted by Gasteiger charge is -2.18. The standard InChI is InChI=1S/C46H28O/c1-2-11-32-28-33(25-20-29(32)10-1)45-39-15-5-3-13-37(39)44(38-14-4-6-16-40(38)45)31-23-21-30(22-24-31)34-17-9-18-41-35(34)26-27-42-36-12-7-8-19-43(36)47-46(41)42/h1-28H. The number of rotatable bonds is 3. The average molecular weight is 597 g/mol. The van der Waals surface area contributed by atoms with E-state index < -0.39 is 0 Å². The first-order chi connectivity index (χ1) is 23.3. The van der Waals surface area contributed by atoms with Crippen LogP contribution in [0.2, 0.25) is 0 Å². The van der Waals surface area contributed by atoms with Crippen molar-refractivity contribution < 1.29 is 4.42 Å². The summed E-state index contributed by atoms with van der Waals surface area (Å²) in [6.45, 7) is 0. The summed E-state index contributed by atoms with van der Waals surface area (Å²) in [6, 6.07) is 61.6. The third-order valence-electron chi connectivity index (χ3n) is 9.86. The van der Waals surface area contributed by atoms with Crippen molar-refractivity contribution in [2.24, 2.45) is 0 Å². The molecule has 1 heteroatoms. The highest BCUT2D eigenvalue weighted by molar-refractivity contribution is 6.22.